The van der Waals surface area contributed by atoms with Crippen LogP contribution in [0.3, 0.4) is 0 Å². The Morgan fingerprint density at radius 1 is 1.24 bits per heavy atom. The normalized spacial score (nSPS) is 21.5. The molecule has 0 heterocycles. The molecule has 0 bridgehead atoms. The molecule has 0 radical (unpaired) electrons. The highest BCUT2D eigenvalue weighted by atomic mass is 32.2. The van der Waals surface area contributed by atoms with Crippen LogP contribution in [0.25, 0.3) is 0 Å². The summed E-state index contributed by atoms with van der Waals surface area (Å²) >= 11 is 0. The van der Waals surface area contributed by atoms with Gasteiger partial charge in [-0.3, -0.25) is 8.98 Å². The van der Waals surface area contributed by atoms with Gasteiger partial charge in [0.15, 0.2) is 0 Å². The van der Waals surface area contributed by atoms with Crippen LogP contribution in [0.15, 0.2) is 40.8 Å². The van der Waals surface area contributed by atoms with Gasteiger partial charge in [-0.15, -0.1) is 0 Å². The molecular formula is C20H28O4S. The van der Waals surface area contributed by atoms with Crippen molar-refractivity contribution in [1.82, 2.24) is 0 Å². The van der Waals surface area contributed by atoms with Gasteiger partial charge >= 0.3 is 0 Å². The molecule has 1 aromatic rings. The minimum atomic E-state index is -3.86. The number of aryl methyl sites for hydroxylation is 1. The number of carbonyl (C=O) groups excluding carboxylic acids is 1. The fraction of sp³-hybridized carbons (Fsp3) is 0.550. The quantitative estimate of drug-likeness (QED) is 0.553. The number of ketones is 1. The fourth-order valence-electron chi connectivity index (χ4n) is 3.65. The molecule has 1 aliphatic carbocycles. The first-order valence-electron chi connectivity index (χ1n) is 8.72. The van der Waals surface area contributed by atoms with Gasteiger partial charge < -0.3 is 0 Å². The Balaban J connectivity index is 2.07. The molecule has 2 rings (SSSR count). The van der Waals surface area contributed by atoms with E-state index in [4.69, 9.17) is 4.18 Å². The van der Waals surface area contributed by atoms with Crippen LogP contribution in [0.4, 0.5) is 0 Å². The van der Waals surface area contributed by atoms with Crippen molar-refractivity contribution in [2.45, 2.75) is 64.9 Å². The second-order valence-corrected chi connectivity index (χ2v) is 9.32. The lowest BCUT2D eigenvalue weighted by molar-refractivity contribution is -0.126. The van der Waals surface area contributed by atoms with Gasteiger partial charge in [-0.2, -0.15) is 8.42 Å². The summed E-state index contributed by atoms with van der Waals surface area (Å²) in [6.07, 6.45) is 3.45. The minimum Gasteiger partial charge on any atom is -0.299 e. The van der Waals surface area contributed by atoms with Gasteiger partial charge in [0.25, 0.3) is 10.1 Å². The Morgan fingerprint density at radius 3 is 2.40 bits per heavy atom. The Morgan fingerprint density at radius 2 is 1.84 bits per heavy atom. The Kier molecular flexibility index (Phi) is 5.89. The molecule has 0 spiro atoms. The van der Waals surface area contributed by atoms with Crippen LogP contribution in [0.5, 0.6) is 0 Å². The Labute approximate surface area is 151 Å². The van der Waals surface area contributed by atoms with Gasteiger partial charge in [0.1, 0.15) is 5.78 Å². The highest BCUT2D eigenvalue weighted by molar-refractivity contribution is 7.86. The van der Waals surface area contributed by atoms with Crippen molar-refractivity contribution in [3.05, 3.63) is 41.5 Å². The van der Waals surface area contributed by atoms with E-state index in [2.05, 4.69) is 19.9 Å². The van der Waals surface area contributed by atoms with E-state index in [1.165, 1.54) is 12.1 Å². The van der Waals surface area contributed by atoms with Gasteiger partial charge in [-0.1, -0.05) is 43.2 Å². The Bertz CT molecular complexity index is 757. The van der Waals surface area contributed by atoms with Crippen LogP contribution in [0.1, 0.15) is 52.5 Å². The molecule has 1 aromatic carbocycles. The number of benzene rings is 1. The van der Waals surface area contributed by atoms with Crippen molar-refractivity contribution in [3.63, 3.8) is 0 Å². The van der Waals surface area contributed by atoms with E-state index in [-0.39, 0.29) is 28.4 Å². The standard InChI is InChI=1S/C20H28O4S/c1-14-8-10-17(11-9-14)25(22,23)24-16(3)13-18(21)19-15(2)7-6-12-20(19,4)5/h7-11,16,19H,6,12-13H2,1-5H3. The maximum Gasteiger partial charge on any atom is 0.297 e. The third-order valence-corrected chi connectivity index (χ3v) is 6.33. The van der Waals surface area contributed by atoms with Crippen LogP contribution >= 0.6 is 0 Å². The van der Waals surface area contributed by atoms with E-state index in [0.717, 1.165) is 24.0 Å². The second kappa shape index (κ2) is 7.42. The van der Waals surface area contributed by atoms with Gasteiger partial charge in [0.05, 0.1) is 11.0 Å². The highest BCUT2D eigenvalue weighted by Gasteiger charge is 2.38. The first-order chi connectivity index (χ1) is 11.5. The number of Topliss-reactive ketones (excluding diaryl/α,β-unsaturated/α-hetero) is 1. The zero-order valence-electron chi connectivity index (χ0n) is 15.7. The topological polar surface area (TPSA) is 60.4 Å². The molecule has 25 heavy (non-hydrogen) atoms. The fourth-order valence-corrected chi connectivity index (χ4v) is 4.73. The maximum absolute atomic E-state index is 12.8. The highest BCUT2D eigenvalue weighted by Crippen LogP contribution is 2.42. The monoisotopic (exact) mass is 364 g/mol. The minimum absolute atomic E-state index is 0.0463. The number of hydrogen-bond acceptors (Lipinski definition) is 4. The van der Waals surface area contributed by atoms with Crippen LogP contribution in [0, 0.1) is 18.3 Å². The molecule has 138 valence electrons. The molecule has 5 heteroatoms. The van der Waals surface area contributed by atoms with Crippen LogP contribution in [0.2, 0.25) is 0 Å². The zero-order chi connectivity index (χ0) is 18.8. The molecule has 0 N–H and O–H groups in total. The van der Waals surface area contributed by atoms with E-state index < -0.39 is 16.2 Å². The lowest BCUT2D eigenvalue weighted by atomic mass is 9.66. The summed E-state index contributed by atoms with van der Waals surface area (Å²) in [7, 11) is -3.86. The summed E-state index contributed by atoms with van der Waals surface area (Å²) in [5, 5.41) is 0. The van der Waals surface area contributed by atoms with Crippen LogP contribution in [-0.2, 0) is 19.1 Å². The largest absolute Gasteiger partial charge is 0.299 e. The summed E-state index contributed by atoms with van der Waals surface area (Å²) in [5.74, 6) is -0.126. The van der Waals surface area contributed by atoms with E-state index >= 15 is 0 Å². The predicted molar refractivity (Wildman–Crippen MR) is 98.8 cm³/mol. The van der Waals surface area contributed by atoms with E-state index in [0.29, 0.717) is 0 Å². The average Bonchev–Trinajstić information content (AvgIpc) is 2.45. The van der Waals surface area contributed by atoms with Gasteiger partial charge in [-0.25, -0.2) is 0 Å². The molecule has 0 fully saturated rings. The molecule has 2 atom stereocenters. The zero-order valence-corrected chi connectivity index (χ0v) is 16.5. The predicted octanol–water partition coefficient (Wildman–Crippen LogP) is 4.43. The van der Waals surface area contributed by atoms with Gasteiger partial charge in [0.2, 0.25) is 0 Å². The Hall–Kier alpha value is -1.46. The molecule has 1 aliphatic rings. The van der Waals surface area contributed by atoms with Crippen molar-refractivity contribution in [1.29, 1.82) is 0 Å². The van der Waals surface area contributed by atoms with Crippen LogP contribution < -0.4 is 0 Å². The molecular weight excluding hydrogens is 336 g/mol. The summed E-state index contributed by atoms with van der Waals surface area (Å²) in [5.41, 5.74) is 1.95. The van der Waals surface area contributed by atoms with Crippen molar-refractivity contribution >= 4 is 15.9 Å². The number of rotatable bonds is 6. The summed E-state index contributed by atoms with van der Waals surface area (Å²) in [4.78, 5) is 12.9. The molecule has 0 aliphatic heterocycles. The molecule has 0 saturated heterocycles. The average molecular weight is 365 g/mol. The molecule has 4 nitrogen and oxygen atoms in total. The third-order valence-electron chi connectivity index (χ3n) is 4.90. The van der Waals surface area contributed by atoms with Crippen molar-refractivity contribution < 1.29 is 17.4 Å². The van der Waals surface area contributed by atoms with Crippen molar-refractivity contribution in [2.24, 2.45) is 11.3 Å². The van der Waals surface area contributed by atoms with Crippen molar-refractivity contribution in [2.75, 3.05) is 0 Å². The number of allylic oxidation sites excluding steroid dienone is 2. The summed E-state index contributed by atoms with van der Waals surface area (Å²) in [6, 6.07) is 6.50. The molecule has 2 unspecified atom stereocenters. The van der Waals surface area contributed by atoms with E-state index in [1.807, 2.05) is 13.8 Å². The molecule has 0 amide bonds. The van der Waals surface area contributed by atoms with Gasteiger partial charge in [-0.05, 0) is 51.2 Å². The molecule has 0 aromatic heterocycles. The summed E-state index contributed by atoms with van der Waals surface area (Å²) < 4.78 is 30.0. The second-order valence-electron chi connectivity index (χ2n) is 7.75. The lowest BCUT2D eigenvalue weighted by Crippen LogP contribution is -2.36. The number of hydrogen-bond donors (Lipinski definition) is 0. The first-order valence-corrected chi connectivity index (χ1v) is 10.1. The first kappa shape index (κ1) is 19.9. The molecule has 0 saturated carbocycles. The summed E-state index contributed by atoms with van der Waals surface area (Å²) in [6.45, 7) is 9.71. The maximum atomic E-state index is 12.8. The smallest absolute Gasteiger partial charge is 0.297 e. The van der Waals surface area contributed by atoms with Crippen LogP contribution in [-0.4, -0.2) is 20.3 Å². The van der Waals surface area contributed by atoms with Gasteiger partial charge in [0, 0.05) is 12.3 Å². The number of carbonyl (C=O) groups is 1. The van der Waals surface area contributed by atoms with E-state index in [1.54, 1.807) is 19.1 Å². The van der Waals surface area contributed by atoms with E-state index in [9.17, 15) is 13.2 Å². The third kappa shape index (κ3) is 4.79. The van der Waals surface area contributed by atoms with Crippen molar-refractivity contribution in [3.8, 4) is 0 Å². The lowest BCUT2D eigenvalue weighted by Gasteiger charge is -2.37. The SMILES string of the molecule is CC1=CCCC(C)(C)C1C(=O)CC(C)OS(=O)(=O)c1ccc(C)cc1.